The molecule has 4 aromatic rings. The Bertz CT molecular complexity index is 1360. The number of H-pyrrole nitrogens is 1. The van der Waals surface area contributed by atoms with Gasteiger partial charge >= 0.3 is 0 Å². The van der Waals surface area contributed by atoms with Gasteiger partial charge in [0.25, 0.3) is 5.56 Å². The monoisotopic (exact) mass is 459 g/mol. The molecule has 0 aliphatic carbocycles. The van der Waals surface area contributed by atoms with Crippen LogP contribution >= 0.6 is 0 Å². The Morgan fingerprint density at radius 3 is 2.74 bits per heavy atom. The van der Waals surface area contributed by atoms with Crippen LogP contribution in [0.4, 0.5) is 0 Å². The highest BCUT2D eigenvalue weighted by Crippen LogP contribution is 2.28. The van der Waals surface area contributed by atoms with E-state index in [2.05, 4.69) is 15.1 Å². The fraction of sp³-hybridized carbons (Fsp3) is 0.346. The van der Waals surface area contributed by atoms with Gasteiger partial charge in [0.15, 0.2) is 11.5 Å². The summed E-state index contributed by atoms with van der Waals surface area (Å²) in [4.78, 5) is 20.7. The van der Waals surface area contributed by atoms with Crippen LogP contribution in [0.1, 0.15) is 22.6 Å². The quantitative estimate of drug-likeness (QED) is 0.436. The van der Waals surface area contributed by atoms with E-state index in [1.165, 1.54) is 11.3 Å². The van der Waals surface area contributed by atoms with Gasteiger partial charge < -0.3 is 9.47 Å². The summed E-state index contributed by atoms with van der Waals surface area (Å²) in [5.41, 5.74) is 4.32. The highest BCUT2D eigenvalue weighted by Gasteiger charge is 2.19. The van der Waals surface area contributed by atoms with Crippen molar-refractivity contribution in [2.75, 3.05) is 27.3 Å². The molecule has 1 N–H and O–H groups in total. The Hall–Kier alpha value is -3.65. The van der Waals surface area contributed by atoms with Crippen LogP contribution in [0.5, 0.6) is 11.5 Å². The highest BCUT2D eigenvalue weighted by atomic mass is 16.5. The van der Waals surface area contributed by atoms with E-state index in [4.69, 9.17) is 14.5 Å². The first-order valence-electron chi connectivity index (χ1n) is 11.6. The molecule has 0 amide bonds. The Kier molecular flexibility index (Phi) is 6.31. The van der Waals surface area contributed by atoms with Crippen LogP contribution in [0.3, 0.4) is 0 Å². The lowest BCUT2D eigenvalue weighted by atomic mass is 10.1. The minimum atomic E-state index is 0.0110. The van der Waals surface area contributed by atoms with Crippen LogP contribution in [-0.4, -0.2) is 52.0 Å². The number of fused-ring (bicyclic) bond motifs is 2. The van der Waals surface area contributed by atoms with Crippen molar-refractivity contribution >= 4 is 10.9 Å². The van der Waals surface area contributed by atoms with Crippen molar-refractivity contribution in [2.45, 2.75) is 32.4 Å². The zero-order valence-electron chi connectivity index (χ0n) is 19.6. The number of hydrogen-bond donors (Lipinski definition) is 1. The molecule has 0 saturated carbocycles. The first kappa shape index (κ1) is 22.2. The molecule has 176 valence electrons. The number of ether oxygens (including phenoxy) is 2. The SMILES string of the molecule is COc1ccc(CCn2c(CCN3CCc4[nH]ncc4C3)nc3ccccc3c2=O)cc1OC. The minimum absolute atomic E-state index is 0.0110. The van der Waals surface area contributed by atoms with E-state index in [0.717, 1.165) is 43.0 Å². The fourth-order valence-corrected chi connectivity index (χ4v) is 4.64. The second-order valence-corrected chi connectivity index (χ2v) is 8.59. The maximum absolute atomic E-state index is 13.4. The van der Waals surface area contributed by atoms with Gasteiger partial charge in [-0.25, -0.2) is 4.98 Å². The molecule has 8 heteroatoms. The molecule has 0 radical (unpaired) electrons. The fourth-order valence-electron chi connectivity index (χ4n) is 4.64. The summed E-state index contributed by atoms with van der Waals surface area (Å²) in [7, 11) is 3.25. The molecular weight excluding hydrogens is 430 g/mol. The Labute approximate surface area is 198 Å². The number of benzene rings is 2. The molecule has 2 aromatic heterocycles. The summed E-state index contributed by atoms with van der Waals surface area (Å²) in [6.07, 6.45) is 4.27. The van der Waals surface area contributed by atoms with Crippen LogP contribution < -0.4 is 15.0 Å². The first-order valence-corrected chi connectivity index (χ1v) is 11.6. The largest absolute Gasteiger partial charge is 0.493 e. The Morgan fingerprint density at radius 2 is 1.88 bits per heavy atom. The number of aromatic amines is 1. The Balaban J connectivity index is 1.39. The average molecular weight is 460 g/mol. The molecule has 0 saturated heterocycles. The molecule has 5 rings (SSSR count). The van der Waals surface area contributed by atoms with Crippen molar-refractivity contribution in [1.82, 2.24) is 24.6 Å². The third-order valence-corrected chi connectivity index (χ3v) is 6.54. The van der Waals surface area contributed by atoms with Gasteiger partial charge in [0, 0.05) is 50.3 Å². The third kappa shape index (κ3) is 4.41. The summed E-state index contributed by atoms with van der Waals surface area (Å²) in [5.74, 6) is 2.20. The predicted octanol–water partition coefficient (Wildman–Crippen LogP) is 2.98. The lowest BCUT2D eigenvalue weighted by Gasteiger charge is -2.26. The van der Waals surface area contributed by atoms with Crippen LogP contribution in [0.2, 0.25) is 0 Å². The van der Waals surface area contributed by atoms with Crippen molar-refractivity contribution in [2.24, 2.45) is 0 Å². The van der Waals surface area contributed by atoms with Crippen molar-refractivity contribution in [3.05, 3.63) is 81.7 Å². The zero-order valence-corrected chi connectivity index (χ0v) is 19.6. The topological polar surface area (TPSA) is 85.3 Å². The number of nitrogens with zero attached hydrogens (tertiary/aromatic N) is 4. The van der Waals surface area contributed by atoms with Crippen LogP contribution in [0.15, 0.2) is 53.5 Å². The molecule has 1 aliphatic heterocycles. The van der Waals surface area contributed by atoms with E-state index in [1.54, 1.807) is 14.2 Å². The van der Waals surface area contributed by atoms with E-state index in [9.17, 15) is 4.79 Å². The van der Waals surface area contributed by atoms with Crippen LogP contribution in [0.25, 0.3) is 10.9 Å². The second-order valence-electron chi connectivity index (χ2n) is 8.59. The third-order valence-electron chi connectivity index (χ3n) is 6.54. The maximum atomic E-state index is 13.4. The average Bonchev–Trinajstić information content (AvgIpc) is 3.35. The molecule has 8 nitrogen and oxygen atoms in total. The normalized spacial score (nSPS) is 13.7. The minimum Gasteiger partial charge on any atom is -0.493 e. The lowest BCUT2D eigenvalue weighted by molar-refractivity contribution is 0.253. The molecule has 3 heterocycles. The number of aryl methyl sites for hydroxylation is 1. The van der Waals surface area contributed by atoms with Crippen molar-refractivity contribution in [3.63, 3.8) is 0 Å². The maximum Gasteiger partial charge on any atom is 0.261 e. The number of methoxy groups -OCH3 is 2. The van der Waals surface area contributed by atoms with Crippen molar-refractivity contribution < 1.29 is 9.47 Å². The number of rotatable bonds is 8. The number of aromatic nitrogens is 4. The Morgan fingerprint density at radius 1 is 1.03 bits per heavy atom. The highest BCUT2D eigenvalue weighted by molar-refractivity contribution is 5.77. The molecule has 34 heavy (non-hydrogen) atoms. The summed E-state index contributed by atoms with van der Waals surface area (Å²) >= 11 is 0. The molecule has 2 aromatic carbocycles. The number of hydrogen-bond acceptors (Lipinski definition) is 6. The van der Waals surface area contributed by atoms with Gasteiger partial charge in [-0.05, 0) is 36.2 Å². The van der Waals surface area contributed by atoms with Gasteiger partial charge in [0.05, 0.1) is 31.3 Å². The number of nitrogens with one attached hydrogen (secondary N) is 1. The molecule has 0 atom stereocenters. The van der Waals surface area contributed by atoms with Gasteiger partial charge in [-0.15, -0.1) is 0 Å². The molecule has 0 fully saturated rings. The number of para-hydroxylation sites is 1. The predicted molar refractivity (Wildman–Crippen MR) is 131 cm³/mol. The molecule has 1 aliphatic rings. The summed E-state index contributed by atoms with van der Waals surface area (Å²) in [6.45, 7) is 3.23. The van der Waals surface area contributed by atoms with E-state index in [0.29, 0.717) is 36.3 Å². The van der Waals surface area contributed by atoms with Crippen molar-refractivity contribution in [3.8, 4) is 11.5 Å². The molecular formula is C26H29N5O3. The molecule has 0 spiro atoms. The second kappa shape index (κ2) is 9.69. The lowest BCUT2D eigenvalue weighted by Crippen LogP contribution is -2.34. The van der Waals surface area contributed by atoms with Gasteiger partial charge in [-0.3, -0.25) is 19.4 Å². The van der Waals surface area contributed by atoms with Gasteiger partial charge in [-0.1, -0.05) is 18.2 Å². The first-order chi connectivity index (χ1) is 16.7. The van der Waals surface area contributed by atoms with Crippen molar-refractivity contribution in [1.29, 1.82) is 0 Å². The van der Waals surface area contributed by atoms with Crippen LogP contribution in [0, 0.1) is 0 Å². The van der Waals surface area contributed by atoms with E-state index >= 15 is 0 Å². The zero-order chi connectivity index (χ0) is 23.5. The summed E-state index contributed by atoms with van der Waals surface area (Å²) in [5, 5.41) is 7.90. The van der Waals surface area contributed by atoms with Gasteiger partial charge in [0.1, 0.15) is 5.82 Å². The molecule has 0 bridgehead atoms. The van der Waals surface area contributed by atoms with E-state index < -0.39 is 0 Å². The summed E-state index contributed by atoms with van der Waals surface area (Å²) in [6, 6.07) is 13.5. The summed E-state index contributed by atoms with van der Waals surface area (Å²) < 4.78 is 12.6. The van der Waals surface area contributed by atoms with Gasteiger partial charge in [0.2, 0.25) is 0 Å². The van der Waals surface area contributed by atoms with E-state index in [1.807, 2.05) is 53.2 Å². The standard InChI is InChI=1S/C26H29N5O3/c1-33-23-8-7-18(15-24(23)34-2)9-14-31-25(28-22-6-4-3-5-20(22)26(31)32)11-13-30-12-10-21-19(17-30)16-27-29-21/h3-8,15-16H,9-14,17H2,1-2H3,(H,27,29). The molecule has 0 unspecified atom stereocenters. The van der Waals surface area contributed by atoms with Gasteiger partial charge in [-0.2, -0.15) is 5.10 Å². The smallest absolute Gasteiger partial charge is 0.261 e. The van der Waals surface area contributed by atoms with Crippen LogP contribution in [-0.2, 0) is 32.4 Å². The van der Waals surface area contributed by atoms with E-state index in [-0.39, 0.29) is 5.56 Å².